The molecule has 6 heteroatoms. The second-order valence-corrected chi connectivity index (χ2v) is 8.06. The molecule has 4 nitrogen and oxygen atoms in total. The molecule has 1 saturated heterocycles. The Balaban J connectivity index is 1.70. The van der Waals surface area contributed by atoms with E-state index in [2.05, 4.69) is 41.4 Å². The first-order valence-electron chi connectivity index (χ1n) is 9.14. The van der Waals surface area contributed by atoms with Gasteiger partial charge in [-0.05, 0) is 49.7 Å². The topological polar surface area (TPSA) is 56.2 Å². The van der Waals surface area contributed by atoms with Gasteiger partial charge in [-0.15, -0.1) is 17.3 Å². The van der Waals surface area contributed by atoms with Gasteiger partial charge in [0.1, 0.15) is 6.17 Å². The maximum absolute atomic E-state index is 13.3. The van der Waals surface area contributed by atoms with Crippen molar-refractivity contribution < 1.29 is 9.18 Å². The molecule has 1 aliphatic heterocycles. The van der Waals surface area contributed by atoms with Gasteiger partial charge in [0.25, 0.3) is 0 Å². The zero-order valence-electron chi connectivity index (χ0n) is 15.7. The smallest absolute Gasteiger partial charge is 0.231 e. The highest BCUT2D eigenvalue weighted by Crippen LogP contribution is 2.36. The summed E-state index contributed by atoms with van der Waals surface area (Å²) in [6, 6.07) is 12.1. The number of carbonyl (C=O) groups excluding carboxylic acids is 1. The summed E-state index contributed by atoms with van der Waals surface area (Å²) < 4.78 is 15.7. The van der Waals surface area contributed by atoms with E-state index >= 15 is 0 Å². The SMILES string of the molecule is CC#Cc1ccc2sc3ccc(C4CC(=O)N(CC(C)F)C(=N)N4)cc3c2c1. The van der Waals surface area contributed by atoms with E-state index in [-0.39, 0.29) is 30.9 Å². The van der Waals surface area contributed by atoms with Crippen LogP contribution < -0.4 is 5.32 Å². The Morgan fingerprint density at radius 2 is 2.00 bits per heavy atom. The molecule has 142 valence electrons. The van der Waals surface area contributed by atoms with Crippen LogP contribution in [0.2, 0.25) is 0 Å². The molecule has 4 rings (SSSR count). The molecular formula is C22H20FN3OS. The number of nitrogens with one attached hydrogen (secondary N) is 2. The van der Waals surface area contributed by atoms with E-state index in [0.29, 0.717) is 0 Å². The molecule has 1 aromatic heterocycles. The number of fused-ring (bicyclic) bond motifs is 3. The Morgan fingerprint density at radius 1 is 1.29 bits per heavy atom. The number of amides is 1. The van der Waals surface area contributed by atoms with Crippen LogP contribution in [-0.4, -0.2) is 29.5 Å². The van der Waals surface area contributed by atoms with Gasteiger partial charge in [-0.1, -0.05) is 12.0 Å². The van der Waals surface area contributed by atoms with E-state index in [1.165, 1.54) is 21.2 Å². The Hall–Kier alpha value is -2.91. The lowest BCUT2D eigenvalue weighted by Crippen LogP contribution is -2.53. The van der Waals surface area contributed by atoms with Gasteiger partial charge in [-0.3, -0.25) is 15.1 Å². The van der Waals surface area contributed by atoms with Gasteiger partial charge in [0, 0.05) is 25.7 Å². The fourth-order valence-electron chi connectivity index (χ4n) is 3.58. The maximum atomic E-state index is 13.3. The highest BCUT2D eigenvalue weighted by atomic mass is 32.1. The van der Waals surface area contributed by atoms with Crippen LogP contribution in [0.1, 0.15) is 37.4 Å². The van der Waals surface area contributed by atoms with Crippen molar-refractivity contribution in [3.63, 3.8) is 0 Å². The van der Waals surface area contributed by atoms with Gasteiger partial charge in [-0.2, -0.15) is 0 Å². The minimum atomic E-state index is -1.17. The molecule has 2 heterocycles. The van der Waals surface area contributed by atoms with Gasteiger partial charge in [0.15, 0.2) is 5.96 Å². The number of thiophene rings is 1. The minimum Gasteiger partial charge on any atom is -0.349 e. The monoisotopic (exact) mass is 393 g/mol. The fourth-order valence-corrected chi connectivity index (χ4v) is 4.65. The van der Waals surface area contributed by atoms with Crippen molar-refractivity contribution in [2.24, 2.45) is 0 Å². The zero-order chi connectivity index (χ0) is 19.8. The second kappa shape index (κ2) is 7.25. The molecule has 2 aromatic carbocycles. The molecule has 28 heavy (non-hydrogen) atoms. The molecule has 3 aromatic rings. The van der Waals surface area contributed by atoms with E-state index in [1.54, 1.807) is 11.3 Å². The lowest BCUT2D eigenvalue weighted by atomic mass is 9.98. The van der Waals surface area contributed by atoms with E-state index in [0.717, 1.165) is 21.9 Å². The molecule has 2 unspecified atom stereocenters. The lowest BCUT2D eigenvalue weighted by molar-refractivity contribution is -0.129. The van der Waals surface area contributed by atoms with Crippen LogP contribution in [-0.2, 0) is 4.79 Å². The highest BCUT2D eigenvalue weighted by molar-refractivity contribution is 7.25. The van der Waals surface area contributed by atoms with Gasteiger partial charge in [-0.25, -0.2) is 4.39 Å². The molecule has 1 aliphatic rings. The zero-order valence-corrected chi connectivity index (χ0v) is 16.5. The second-order valence-electron chi connectivity index (χ2n) is 6.98. The summed E-state index contributed by atoms with van der Waals surface area (Å²) in [5, 5.41) is 13.4. The van der Waals surface area contributed by atoms with Gasteiger partial charge < -0.3 is 5.32 Å². The molecule has 2 N–H and O–H groups in total. The quantitative estimate of drug-likeness (QED) is 0.640. The molecule has 1 fully saturated rings. The summed E-state index contributed by atoms with van der Waals surface area (Å²) in [4.78, 5) is 13.6. The van der Waals surface area contributed by atoms with Gasteiger partial charge in [0.05, 0.1) is 19.0 Å². The molecule has 0 aliphatic carbocycles. The largest absolute Gasteiger partial charge is 0.349 e. The number of guanidine groups is 1. The van der Waals surface area contributed by atoms with E-state index in [9.17, 15) is 9.18 Å². The molecule has 0 bridgehead atoms. The van der Waals surface area contributed by atoms with Gasteiger partial charge in [0.2, 0.25) is 5.91 Å². The number of hydrogen-bond acceptors (Lipinski definition) is 3. The normalized spacial score (nSPS) is 18.1. The number of hydrogen-bond donors (Lipinski definition) is 2. The van der Waals surface area contributed by atoms with Crippen molar-refractivity contribution in [3.8, 4) is 11.8 Å². The Bertz CT molecular complexity index is 1140. The van der Waals surface area contributed by atoms with Crippen LogP contribution in [0.4, 0.5) is 4.39 Å². The molecule has 0 spiro atoms. The van der Waals surface area contributed by atoms with Crippen molar-refractivity contribution in [1.29, 1.82) is 5.41 Å². The number of alkyl halides is 1. The molecule has 0 saturated carbocycles. The van der Waals surface area contributed by atoms with Crippen LogP contribution in [0, 0.1) is 17.3 Å². The summed E-state index contributed by atoms with van der Waals surface area (Å²) in [7, 11) is 0. The van der Waals surface area contributed by atoms with Crippen LogP contribution in [0.5, 0.6) is 0 Å². The van der Waals surface area contributed by atoms with Crippen molar-refractivity contribution in [2.45, 2.75) is 32.5 Å². The Kier molecular flexibility index (Phi) is 4.78. The Morgan fingerprint density at radius 3 is 2.68 bits per heavy atom. The van der Waals surface area contributed by atoms with E-state index in [1.807, 2.05) is 19.1 Å². The summed E-state index contributed by atoms with van der Waals surface area (Å²) in [5.41, 5.74) is 1.93. The fraction of sp³-hybridized carbons (Fsp3) is 0.273. The summed E-state index contributed by atoms with van der Waals surface area (Å²) in [6.07, 6.45) is -0.966. The first kappa shape index (κ1) is 18.5. The summed E-state index contributed by atoms with van der Waals surface area (Å²) in [6.45, 7) is 3.12. The third kappa shape index (κ3) is 3.34. The first-order valence-corrected chi connectivity index (χ1v) is 9.96. The van der Waals surface area contributed by atoms with Crippen molar-refractivity contribution >= 4 is 43.4 Å². The third-order valence-electron chi connectivity index (χ3n) is 4.86. The van der Waals surface area contributed by atoms with E-state index < -0.39 is 6.17 Å². The minimum absolute atomic E-state index is 0.0402. The van der Waals surface area contributed by atoms with Crippen LogP contribution in [0.3, 0.4) is 0 Å². The molecular weight excluding hydrogens is 373 g/mol. The standard InChI is InChI=1S/C22H20FN3OS/c1-3-4-14-5-7-19-16(9-14)17-10-15(6-8-20(17)28-19)18-11-21(27)26(12-13(2)23)22(24)25-18/h5-10,13,18H,11-12H2,1-2H3,(H2,24,25). The van der Waals surface area contributed by atoms with Crippen LogP contribution in [0.25, 0.3) is 20.2 Å². The predicted molar refractivity (Wildman–Crippen MR) is 112 cm³/mol. The van der Waals surface area contributed by atoms with Crippen LogP contribution in [0.15, 0.2) is 36.4 Å². The third-order valence-corrected chi connectivity index (χ3v) is 6.01. The first-order chi connectivity index (χ1) is 13.5. The van der Waals surface area contributed by atoms with Gasteiger partial charge >= 0.3 is 0 Å². The number of rotatable bonds is 3. The van der Waals surface area contributed by atoms with Crippen molar-refractivity contribution in [3.05, 3.63) is 47.5 Å². The Labute approximate surface area is 166 Å². The molecule has 0 radical (unpaired) electrons. The van der Waals surface area contributed by atoms with Crippen LogP contribution >= 0.6 is 11.3 Å². The number of carbonyl (C=O) groups is 1. The van der Waals surface area contributed by atoms with Crippen molar-refractivity contribution in [1.82, 2.24) is 10.2 Å². The number of halogens is 1. The van der Waals surface area contributed by atoms with Crippen molar-refractivity contribution in [2.75, 3.05) is 6.54 Å². The average Bonchev–Trinajstić information content (AvgIpc) is 3.02. The number of nitrogens with zero attached hydrogens (tertiary/aromatic N) is 1. The maximum Gasteiger partial charge on any atom is 0.231 e. The summed E-state index contributed by atoms with van der Waals surface area (Å²) >= 11 is 1.72. The summed E-state index contributed by atoms with van der Waals surface area (Å²) in [5.74, 6) is 5.76. The van der Waals surface area contributed by atoms with E-state index in [4.69, 9.17) is 5.41 Å². The molecule has 2 atom stereocenters. The lowest BCUT2D eigenvalue weighted by Gasteiger charge is -2.34. The number of benzene rings is 2. The highest BCUT2D eigenvalue weighted by Gasteiger charge is 2.31. The average molecular weight is 393 g/mol. The molecule has 1 amide bonds. The predicted octanol–water partition coefficient (Wildman–Crippen LogP) is 4.58.